The van der Waals surface area contributed by atoms with Gasteiger partial charge in [0.25, 0.3) is 0 Å². The first-order chi connectivity index (χ1) is 17.1. The summed E-state index contributed by atoms with van der Waals surface area (Å²) in [5.74, 6) is 1.96. The van der Waals surface area contributed by atoms with E-state index in [1.807, 2.05) is 53.2 Å². The van der Waals surface area contributed by atoms with Crippen LogP contribution in [0.15, 0.2) is 67.1 Å². The van der Waals surface area contributed by atoms with Crippen LogP contribution < -0.4 is 19.7 Å². The molecule has 4 heterocycles. The standard InChI is InChI=1S/C26H26ClN5O3/c1-34-22-7-6-20(14-23(22)35-17-21-16-32-11-3-2-4-25(32)29-21)30-26(33)18-9-12-31(13-10-18)24-8-5-19(27)15-28-24/h2-8,11,14-16,18H,9-10,12-13,17H2,1H3,(H,30,33). The number of imidazole rings is 1. The summed E-state index contributed by atoms with van der Waals surface area (Å²) in [5.41, 5.74) is 2.33. The van der Waals surface area contributed by atoms with Crippen LogP contribution in [-0.2, 0) is 11.4 Å². The first kappa shape index (κ1) is 23.0. The number of carbonyl (C=O) groups is 1. The molecule has 1 amide bonds. The number of nitrogens with zero attached hydrogens (tertiary/aromatic N) is 4. The molecule has 3 aromatic heterocycles. The number of nitrogens with one attached hydrogen (secondary N) is 1. The highest BCUT2D eigenvalue weighted by molar-refractivity contribution is 6.30. The highest BCUT2D eigenvalue weighted by atomic mass is 35.5. The summed E-state index contributed by atoms with van der Waals surface area (Å²) in [6.45, 7) is 1.82. The van der Waals surface area contributed by atoms with Crippen molar-refractivity contribution in [1.82, 2.24) is 14.4 Å². The second-order valence-corrected chi connectivity index (χ2v) is 8.87. The van der Waals surface area contributed by atoms with E-state index in [0.717, 1.165) is 43.1 Å². The number of halogens is 1. The van der Waals surface area contributed by atoms with E-state index in [0.29, 0.717) is 22.2 Å². The van der Waals surface area contributed by atoms with Crippen LogP contribution >= 0.6 is 11.6 Å². The molecule has 4 aromatic rings. The Labute approximate surface area is 208 Å². The summed E-state index contributed by atoms with van der Waals surface area (Å²) in [7, 11) is 1.59. The van der Waals surface area contributed by atoms with Crippen LogP contribution in [0.3, 0.4) is 0 Å². The van der Waals surface area contributed by atoms with Crippen molar-refractivity contribution in [3.05, 3.63) is 77.8 Å². The van der Waals surface area contributed by atoms with Gasteiger partial charge in [-0.15, -0.1) is 0 Å². The molecule has 180 valence electrons. The molecule has 1 N–H and O–H groups in total. The number of aromatic nitrogens is 3. The monoisotopic (exact) mass is 491 g/mol. The summed E-state index contributed by atoms with van der Waals surface area (Å²) >= 11 is 5.94. The molecule has 1 aromatic carbocycles. The number of pyridine rings is 2. The van der Waals surface area contributed by atoms with Gasteiger partial charge < -0.3 is 24.1 Å². The van der Waals surface area contributed by atoms with Crippen LogP contribution in [0.1, 0.15) is 18.5 Å². The molecule has 0 atom stereocenters. The van der Waals surface area contributed by atoms with Gasteiger partial charge in [-0.05, 0) is 49.2 Å². The maximum absolute atomic E-state index is 13.0. The number of ether oxygens (including phenoxy) is 2. The molecular weight excluding hydrogens is 466 g/mol. The van der Waals surface area contributed by atoms with Crippen LogP contribution in [0.5, 0.6) is 11.5 Å². The minimum absolute atomic E-state index is 0.00480. The van der Waals surface area contributed by atoms with E-state index in [1.165, 1.54) is 0 Å². The zero-order valence-corrected chi connectivity index (χ0v) is 20.1. The molecule has 0 spiro atoms. The normalized spacial score (nSPS) is 14.2. The molecule has 35 heavy (non-hydrogen) atoms. The summed E-state index contributed by atoms with van der Waals surface area (Å²) in [6.07, 6.45) is 7.03. The van der Waals surface area contributed by atoms with Crippen molar-refractivity contribution in [1.29, 1.82) is 0 Å². The average Bonchev–Trinajstić information content (AvgIpc) is 3.31. The van der Waals surface area contributed by atoms with E-state index >= 15 is 0 Å². The zero-order chi connectivity index (χ0) is 24.2. The maximum Gasteiger partial charge on any atom is 0.227 e. The summed E-state index contributed by atoms with van der Waals surface area (Å²) < 4.78 is 13.4. The second-order valence-electron chi connectivity index (χ2n) is 8.44. The number of rotatable bonds is 7. The molecule has 0 bridgehead atoms. The van der Waals surface area contributed by atoms with E-state index < -0.39 is 0 Å². The Bertz CT molecular complexity index is 1280. The molecule has 0 aliphatic carbocycles. The predicted molar refractivity (Wildman–Crippen MR) is 135 cm³/mol. The van der Waals surface area contributed by atoms with E-state index in [2.05, 4.69) is 20.2 Å². The SMILES string of the molecule is COc1ccc(NC(=O)C2CCN(c3ccc(Cl)cn3)CC2)cc1OCc1cn2ccccc2n1. The predicted octanol–water partition coefficient (Wildman–Crippen LogP) is 4.83. The van der Waals surface area contributed by atoms with Crippen molar-refractivity contribution in [3.63, 3.8) is 0 Å². The Balaban J connectivity index is 1.20. The molecular formula is C26H26ClN5O3. The number of fused-ring (bicyclic) bond motifs is 1. The molecule has 1 saturated heterocycles. The number of piperidine rings is 1. The van der Waals surface area contributed by atoms with Crippen molar-refractivity contribution < 1.29 is 14.3 Å². The van der Waals surface area contributed by atoms with E-state index in [1.54, 1.807) is 25.4 Å². The lowest BCUT2D eigenvalue weighted by atomic mass is 9.95. The highest BCUT2D eigenvalue weighted by Crippen LogP contribution is 2.32. The van der Waals surface area contributed by atoms with Crippen molar-refractivity contribution >= 4 is 34.7 Å². The summed E-state index contributed by atoms with van der Waals surface area (Å²) in [5, 5.41) is 3.65. The van der Waals surface area contributed by atoms with Gasteiger partial charge in [-0.2, -0.15) is 0 Å². The third-order valence-electron chi connectivity index (χ3n) is 6.12. The van der Waals surface area contributed by atoms with Crippen LogP contribution in [0.4, 0.5) is 11.5 Å². The van der Waals surface area contributed by atoms with E-state index in [9.17, 15) is 4.79 Å². The fourth-order valence-electron chi connectivity index (χ4n) is 4.25. The smallest absolute Gasteiger partial charge is 0.227 e. The zero-order valence-electron chi connectivity index (χ0n) is 19.4. The van der Waals surface area contributed by atoms with Crippen LogP contribution in [0.2, 0.25) is 5.02 Å². The van der Waals surface area contributed by atoms with E-state index in [4.69, 9.17) is 21.1 Å². The first-order valence-corrected chi connectivity index (χ1v) is 11.9. The molecule has 8 nitrogen and oxygen atoms in total. The number of methoxy groups -OCH3 is 1. The Kier molecular flexibility index (Phi) is 6.72. The van der Waals surface area contributed by atoms with Crippen molar-refractivity contribution in [2.24, 2.45) is 5.92 Å². The Morgan fingerprint density at radius 3 is 2.74 bits per heavy atom. The van der Waals surface area contributed by atoms with Crippen molar-refractivity contribution in [2.45, 2.75) is 19.4 Å². The van der Waals surface area contributed by atoms with Gasteiger partial charge in [-0.25, -0.2) is 9.97 Å². The Morgan fingerprint density at radius 1 is 1.14 bits per heavy atom. The number of benzene rings is 1. The van der Waals surface area contributed by atoms with Crippen LogP contribution in [0.25, 0.3) is 5.65 Å². The van der Waals surface area contributed by atoms with Crippen LogP contribution in [-0.4, -0.2) is 40.5 Å². The molecule has 1 fully saturated rings. The molecule has 1 aliphatic rings. The fourth-order valence-corrected chi connectivity index (χ4v) is 4.36. The molecule has 0 radical (unpaired) electrons. The average molecular weight is 492 g/mol. The van der Waals surface area contributed by atoms with Gasteiger partial charge in [0, 0.05) is 49.4 Å². The fraction of sp³-hybridized carbons (Fsp3) is 0.269. The number of hydrogen-bond donors (Lipinski definition) is 1. The van der Waals surface area contributed by atoms with Gasteiger partial charge in [-0.1, -0.05) is 17.7 Å². The maximum atomic E-state index is 13.0. The van der Waals surface area contributed by atoms with Gasteiger partial charge in [0.05, 0.1) is 17.8 Å². The van der Waals surface area contributed by atoms with Gasteiger partial charge in [-0.3, -0.25) is 4.79 Å². The first-order valence-electron chi connectivity index (χ1n) is 11.5. The lowest BCUT2D eigenvalue weighted by molar-refractivity contribution is -0.120. The molecule has 0 saturated carbocycles. The largest absolute Gasteiger partial charge is 0.493 e. The quantitative estimate of drug-likeness (QED) is 0.399. The van der Waals surface area contributed by atoms with Gasteiger partial charge in [0.1, 0.15) is 18.1 Å². The lowest BCUT2D eigenvalue weighted by Crippen LogP contribution is -2.38. The minimum atomic E-state index is -0.0667. The Hall–Kier alpha value is -3.78. The van der Waals surface area contributed by atoms with E-state index in [-0.39, 0.29) is 18.4 Å². The number of hydrogen-bond acceptors (Lipinski definition) is 6. The van der Waals surface area contributed by atoms with Gasteiger partial charge in [0.15, 0.2) is 11.5 Å². The summed E-state index contributed by atoms with van der Waals surface area (Å²) in [6, 6.07) is 15.0. The van der Waals surface area contributed by atoms with Crippen molar-refractivity contribution in [3.8, 4) is 11.5 Å². The Morgan fingerprint density at radius 2 is 2.00 bits per heavy atom. The van der Waals surface area contributed by atoms with Crippen molar-refractivity contribution in [2.75, 3.05) is 30.4 Å². The second kappa shape index (κ2) is 10.2. The number of carbonyl (C=O) groups excluding carboxylic acids is 1. The number of amides is 1. The lowest BCUT2D eigenvalue weighted by Gasteiger charge is -2.32. The molecule has 9 heteroatoms. The summed E-state index contributed by atoms with van der Waals surface area (Å²) in [4.78, 5) is 24.1. The molecule has 0 unspecified atom stereocenters. The van der Waals surface area contributed by atoms with Gasteiger partial charge in [0.2, 0.25) is 5.91 Å². The topological polar surface area (TPSA) is 81.0 Å². The molecule has 5 rings (SSSR count). The molecule has 1 aliphatic heterocycles. The number of anilines is 2. The van der Waals surface area contributed by atoms with Gasteiger partial charge >= 0.3 is 0 Å². The highest BCUT2D eigenvalue weighted by Gasteiger charge is 2.26. The third kappa shape index (κ3) is 5.33. The van der Waals surface area contributed by atoms with Crippen LogP contribution in [0, 0.1) is 5.92 Å². The minimum Gasteiger partial charge on any atom is -0.493 e. The third-order valence-corrected chi connectivity index (χ3v) is 6.35.